The van der Waals surface area contributed by atoms with E-state index in [0.29, 0.717) is 56.3 Å². The van der Waals surface area contributed by atoms with Gasteiger partial charge in [-0.05, 0) is 45.1 Å². The zero-order valence-corrected chi connectivity index (χ0v) is 14.0. The van der Waals surface area contributed by atoms with Crippen LogP contribution in [0.5, 0.6) is 11.5 Å². The number of fused-ring (bicyclic) bond motifs is 1. The van der Waals surface area contributed by atoms with Gasteiger partial charge in [0.15, 0.2) is 11.5 Å². The maximum absolute atomic E-state index is 12.8. The van der Waals surface area contributed by atoms with Crippen LogP contribution in [-0.4, -0.2) is 73.4 Å². The Morgan fingerprint density at radius 3 is 2.61 bits per heavy atom. The lowest BCUT2D eigenvalue weighted by atomic mass is 10.0. The molecule has 6 heteroatoms. The predicted molar refractivity (Wildman–Crippen MR) is 86.2 cm³/mol. The number of aliphatic hydroxyl groups is 1. The fourth-order valence-electron chi connectivity index (χ4n) is 3.34. The normalized spacial score (nSPS) is 23.4. The van der Waals surface area contributed by atoms with Gasteiger partial charge in [-0.15, -0.1) is 0 Å². The minimum atomic E-state index is -0.832. The summed E-state index contributed by atoms with van der Waals surface area (Å²) < 4.78 is 11.1. The lowest BCUT2D eigenvalue weighted by molar-refractivity contribution is 0.0236. The van der Waals surface area contributed by atoms with Gasteiger partial charge in [0.05, 0.1) is 12.1 Å². The maximum atomic E-state index is 12.8. The molecular formula is C17H24N2O4. The molecule has 6 nitrogen and oxygen atoms in total. The van der Waals surface area contributed by atoms with Gasteiger partial charge in [0.25, 0.3) is 5.91 Å². The van der Waals surface area contributed by atoms with Crippen molar-refractivity contribution < 1.29 is 19.4 Å². The van der Waals surface area contributed by atoms with Crippen molar-refractivity contribution >= 4 is 5.91 Å². The second-order valence-corrected chi connectivity index (χ2v) is 6.75. The summed E-state index contributed by atoms with van der Waals surface area (Å²) in [6, 6.07) is 3.61. The molecule has 1 amide bonds. The molecule has 1 N–H and O–H groups in total. The van der Waals surface area contributed by atoms with Gasteiger partial charge in [-0.25, -0.2) is 0 Å². The average Bonchev–Trinajstić information content (AvgIpc) is 2.87. The van der Waals surface area contributed by atoms with E-state index in [2.05, 4.69) is 0 Å². The SMILES string of the molecule is Cc1cc2c(cc1C(=O)N1CC[C@](O)(CN(C)C)C1)OCCO2. The highest BCUT2D eigenvalue weighted by atomic mass is 16.6. The highest BCUT2D eigenvalue weighted by molar-refractivity contribution is 5.96. The number of rotatable bonds is 3. The monoisotopic (exact) mass is 320 g/mol. The van der Waals surface area contributed by atoms with Crippen LogP contribution in [0.3, 0.4) is 0 Å². The smallest absolute Gasteiger partial charge is 0.254 e. The summed E-state index contributed by atoms with van der Waals surface area (Å²) in [7, 11) is 3.85. The number of hydrogen-bond acceptors (Lipinski definition) is 5. The van der Waals surface area contributed by atoms with Crippen molar-refractivity contribution in [2.75, 3.05) is 46.9 Å². The van der Waals surface area contributed by atoms with E-state index in [1.165, 1.54) is 0 Å². The van der Waals surface area contributed by atoms with Gasteiger partial charge < -0.3 is 24.4 Å². The van der Waals surface area contributed by atoms with Gasteiger partial charge in [-0.1, -0.05) is 0 Å². The van der Waals surface area contributed by atoms with Crippen molar-refractivity contribution in [1.29, 1.82) is 0 Å². The molecule has 1 aromatic carbocycles. The number of nitrogens with zero attached hydrogens (tertiary/aromatic N) is 2. The molecule has 0 aromatic heterocycles. The number of hydrogen-bond donors (Lipinski definition) is 1. The molecule has 1 fully saturated rings. The van der Waals surface area contributed by atoms with Crippen molar-refractivity contribution in [2.24, 2.45) is 0 Å². The number of benzene rings is 1. The summed E-state index contributed by atoms with van der Waals surface area (Å²) in [6.45, 7) is 4.40. The molecule has 2 aliphatic rings. The minimum Gasteiger partial charge on any atom is -0.486 e. The van der Waals surface area contributed by atoms with E-state index in [1.807, 2.05) is 32.0 Å². The van der Waals surface area contributed by atoms with Gasteiger partial charge in [-0.2, -0.15) is 0 Å². The first-order chi connectivity index (χ1) is 10.9. The van der Waals surface area contributed by atoms with E-state index in [-0.39, 0.29) is 5.91 Å². The first-order valence-electron chi connectivity index (χ1n) is 7.95. The Morgan fingerprint density at radius 1 is 1.30 bits per heavy atom. The second kappa shape index (κ2) is 6.02. The Balaban J connectivity index is 1.79. The molecule has 23 heavy (non-hydrogen) atoms. The number of aryl methyl sites for hydroxylation is 1. The largest absolute Gasteiger partial charge is 0.486 e. The summed E-state index contributed by atoms with van der Waals surface area (Å²) in [5, 5.41) is 10.6. The fraction of sp³-hybridized carbons (Fsp3) is 0.588. The lowest BCUT2D eigenvalue weighted by Gasteiger charge is -2.27. The Hall–Kier alpha value is -1.79. The molecular weight excluding hydrogens is 296 g/mol. The predicted octanol–water partition coefficient (Wildman–Crippen LogP) is 0.905. The van der Waals surface area contributed by atoms with Crippen molar-refractivity contribution in [3.8, 4) is 11.5 Å². The molecule has 1 aromatic rings. The molecule has 126 valence electrons. The second-order valence-electron chi connectivity index (χ2n) is 6.75. The number of β-amino-alcohol motifs (C(OH)–C–C–N with tert-alkyl or cyclic N) is 1. The minimum absolute atomic E-state index is 0.0610. The van der Waals surface area contributed by atoms with Crippen molar-refractivity contribution in [3.05, 3.63) is 23.3 Å². The zero-order valence-electron chi connectivity index (χ0n) is 14.0. The highest BCUT2D eigenvalue weighted by Crippen LogP contribution is 2.34. The Kier molecular flexibility index (Phi) is 4.21. The summed E-state index contributed by atoms with van der Waals surface area (Å²) in [4.78, 5) is 16.5. The zero-order chi connectivity index (χ0) is 16.6. The van der Waals surface area contributed by atoms with Crippen LogP contribution in [0.25, 0.3) is 0 Å². The molecule has 0 bridgehead atoms. The van der Waals surface area contributed by atoms with Gasteiger partial charge in [-0.3, -0.25) is 4.79 Å². The maximum Gasteiger partial charge on any atom is 0.254 e. The number of carbonyl (C=O) groups excluding carboxylic acids is 1. The molecule has 0 radical (unpaired) electrons. The van der Waals surface area contributed by atoms with Crippen LogP contribution in [-0.2, 0) is 0 Å². The highest BCUT2D eigenvalue weighted by Gasteiger charge is 2.39. The Labute approximate surface area is 136 Å². The van der Waals surface area contributed by atoms with E-state index >= 15 is 0 Å². The third-order valence-corrected chi connectivity index (χ3v) is 4.35. The third-order valence-electron chi connectivity index (χ3n) is 4.35. The summed E-state index contributed by atoms with van der Waals surface area (Å²) >= 11 is 0. The third kappa shape index (κ3) is 3.28. The van der Waals surface area contributed by atoms with Crippen LogP contribution in [0.4, 0.5) is 0 Å². The van der Waals surface area contributed by atoms with Crippen molar-refractivity contribution in [3.63, 3.8) is 0 Å². The fourth-order valence-corrected chi connectivity index (χ4v) is 3.34. The molecule has 1 atom stereocenters. The van der Waals surface area contributed by atoms with Crippen LogP contribution in [0.15, 0.2) is 12.1 Å². The molecule has 0 aliphatic carbocycles. The molecule has 0 unspecified atom stereocenters. The van der Waals surface area contributed by atoms with Crippen LogP contribution in [0, 0.1) is 6.92 Å². The molecule has 1 saturated heterocycles. The molecule has 3 rings (SSSR count). The van der Waals surface area contributed by atoms with Gasteiger partial charge >= 0.3 is 0 Å². The van der Waals surface area contributed by atoms with E-state index in [9.17, 15) is 9.90 Å². The number of likely N-dealkylation sites (N-methyl/N-ethyl adjacent to an activating group) is 1. The molecule has 2 aliphatic heterocycles. The Morgan fingerprint density at radius 2 is 1.96 bits per heavy atom. The van der Waals surface area contributed by atoms with E-state index in [1.54, 1.807) is 11.0 Å². The molecule has 0 saturated carbocycles. The lowest BCUT2D eigenvalue weighted by Crippen LogP contribution is -2.43. The van der Waals surface area contributed by atoms with E-state index in [4.69, 9.17) is 9.47 Å². The quantitative estimate of drug-likeness (QED) is 0.897. The van der Waals surface area contributed by atoms with Crippen LogP contribution < -0.4 is 9.47 Å². The van der Waals surface area contributed by atoms with E-state index < -0.39 is 5.60 Å². The average molecular weight is 320 g/mol. The van der Waals surface area contributed by atoms with Gasteiger partial charge in [0.1, 0.15) is 13.2 Å². The van der Waals surface area contributed by atoms with Crippen molar-refractivity contribution in [1.82, 2.24) is 9.80 Å². The summed E-state index contributed by atoms with van der Waals surface area (Å²) in [5.74, 6) is 1.25. The van der Waals surface area contributed by atoms with E-state index in [0.717, 1.165) is 5.56 Å². The van der Waals surface area contributed by atoms with Crippen LogP contribution in [0.2, 0.25) is 0 Å². The van der Waals surface area contributed by atoms with Gasteiger partial charge in [0.2, 0.25) is 0 Å². The topological polar surface area (TPSA) is 62.2 Å². The van der Waals surface area contributed by atoms with Crippen LogP contribution in [0.1, 0.15) is 22.3 Å². The van der Waals surface area contributed by atoms with Crippen molar-refractivity contribution in [2.45, 2.75) is 18.9 Å². The molecule has 2 heterocycles. The number of carbonyl (C=O) groups is 1. The van der Waals surface area contributed by atoms with Crippen LogP contribution >= 0.6 is 0 Å². The number of ether oxygens (including phenoxy) is 2. The Bertz CT molecular complexity index is 617. The van der Waals surface area contributed by atoms with Gasteiger partial charge in [0, 0.05) is 18.7 Å². The standard InChI is InChI=1S/C17H24N2O4/c1-12-8-14-15(23-7-6-22-14)9-13(12)16(20)19-5-4-17(21,11-19)10-18(2)3/h8-9,21H,4-7,10-11H2,1-3H3/t17-/m0/s1. The number of amides is 1. The number of likely N-dealkylation sites (tertiary alicyclic amines) is 1. The first-order valence-corrected chi connectivity index (χ1v) is 7.95. The molecule has 0 spiro atoms. The summed E-state index contributed by atoms with van der Waals surface area (Å²) in [5.41, 5.74) is 0.645. The summed E-state index contributed by atoms with van der Waals surface area (Å²) in [6.07, 6.45) is 0.598. The first kappa shape index (κ1) is 16.1.